The molecule has 2 aromatic rings. The molecule has 0 saturated heterocycles. The van der Waals surface area contributed by atoms with Crippen LogP contribution in [0.4, 0.5) is 8.78 Å². The summed E-state index contributed by atoms with van der Waals surface area (Å²) in [6.07, 6.45) is 0. The van der Waals surface area contributed by atoms with E-state index in [1.165, 1.54) is 30.4 Å². The van der Waals surface area contributed by atoms with Crippen molar-refractivity contribution < 1.29 is 8.78 Å². The number of rotatable bonds is 2. The van der Waals surface area contributed by atoms with E-state index in [-0.39, 0.29) is 5.56 Å². The maximum atomic E-state index is 13.7. The van der Waals surface area contributed by atoms with E-state index in [4.69, 9.17) is 5.73 Å². The van der Waals surface area contributed by atoms with Crippen LogP contribution >= 0.6 is 33.9 Å². The van der Waals surface area contributed by atoms with Crippen molar-refractivity contribution in [2.75, 3.05) is 0 Å². The SMILES string of the molecule is Cc1cc(F)c(C(N)c2csc(I)c2)cc1F. The predicted octanol–water partition coefficient (Wildman–Crippen LogP) is 3.99. The summed E-state index contributed by atoms with van der Waals surface area (Å²) in [5, 5.41) is 1.86. The molecule has 0 amide bonds. The summed E-state index contributed by atoms with van der Waals surface area (Å²) in [4.78, 5) is 0. The van der Waals surface area contributed by atoms with Gasteiger partial charge in [0.05, 0.1) is 8.93 Å². The summed E-state index contributed by atoms with van der Waals surface area (Å²) < 4.78 is 28.2. The summed E-state index contributed by atoms with van der Waals surface area (Å²) in [5.41, 5.74) is 7.24. The fraction of sp³-hybridized carbons (Fsp3) is 0.167. The number of thiophene rings is 1. The first-order chi connectivity index (χ1) is 7.99. The lowest BCUT2D eigenvalue weighted by atomic mass is 10.00. The number of aryl methyl sites for hydroxylation is 1. The fourth-order valence-corrected chi connectivity index (χ4v) is 2.97. The zero-order chi connectivity index (χ0) is 12.6. The smallest absolute Gasteiger partial charge is 0.128 e. The molecule has 0 aliphatic rings. The van der Waals surface area contributed by atoms with Crippen LogP contribution in [-0.4, -0.2) is 0 Å². The molecule has 0 bridgehead atoms. The van der Waals surface area contributed by atoms with Gasteiger partial charge in [0, 0.05) is 5.56 Å². The lowest BCUT2D eigenvalue weighted by Crippen LogP contribution is -2.13. The van der Waals surface area contributed by atoms with Crippen molar-refractivity contribution in [2.24, 2.45) is 5.73 Å². The van der Waals surface area contributed by atoms with Crippen LogP contribution in [0.5, 0.6) is 0 Å². The minimum absolute atomic E-state index is 0.197. The van der Waals surface area contributed by atoms with Gasteiger partial charge in [-0.05, 0) is 64.2 Å². The number of halogens is 3. The second kappa shape index (κ2) is 4.99. The second-order valence-electron chi connectivity index (χ2n) is 3.78. The third-order valence-corrected chi connectivity index (χ3v) is 4.37. The lowest BCUT2D eigenvalue weighted by molar-refractivity contribution is 0.571. The molecular weight excluding hydrogens is 355 g/mol. The Bertz CT molecular complexity index is 553. The van der Waals surface area contributed by atoms with E-state index in [0.717, 1.165) is 8.45 Å². The normalized spacial score (nSPS) is 12.8. The third-order valence-electron chi connectivity index (χ3n) is 2.56. The molecule has 1 heterocycles. The summed E-state index contributed by atoms with van der Waals surface area (Å²) in [7, 11) is 0. The molecule has 2 rings (SSSR count). The fourth-order valence-electron chi connectivity index (χ4n) is 1.57. The second-order valence-corrected chi connectivity index (χ2v) is 6.59. The summed E-state index contributed by atoms with van der Waals surface area (Å²) in [6, 6.07) is 3.62. The zero-order valence-corrected chi connectivity index (χ0v) is 12.0. The Balaban J connectivity index is 2.43. The molecule has 0 radical (unpaired) electrons. The molecule has 5 heteroatoms. The van der Waals surface area contributed by atoms with E-state index in [1.807, 2.05) is 11.4 Å². The molecule has 0 saturated carbocycles. The molecule has 0 spiro atoms. The highest BCUT2D eigenvalue weighted by molar-refractivity contribution is 14.1. The lowest BCUT2D eigenvalue weighted by Gasteiger charge is -2.12. The van der Waals surface area contributed by atoms with E-state index >= 15 is 0 Å². The van der Waals surface area contributed by atoms with Crippen LogP contribution in [-0.2, 0) is 0 Å². The van der Waals surface area contributed by atoms with Gasteiger partial charge in [-0.15, -0.1) is 11.3 Å². The van der Waals surface area contributed by atoms with Crippen molar-refractivity contribution in [3.63, 3.8) is 0 Å². The van der Waals surface area contributed by atoms with Gasteiger partial charge in [-0.2, -0.15) is 0 Å². The molecule has 17 heavy (non-hydrogen) atoms. The average Bonchev–Trinajstić information content (AvgIpc) is 2.69. The highest BCUT2D eigenvalue weighted by Crippen LogP contribution is 2.28. The van der Waals surface area contributed by atoms with Gasteiger partial charge in [0.2, 0.25) is 0 Å². The monoisotopic (exact) mass is 365 g/mol. The Morgan fingerprint density at radius 3 is 2.53 bits per heavy atom. The maximum Gasteiger partial charge on any atom is 0.128 e. The topological polar surface area (TPSA) is 26.0 Å². The summed E-state index contributed by atoms with van der Waals surface area (Å²) in [5.74, 6) is -0.889. The Hall–Kier alpha value is -0.530. The van der Waals surface area contributed by atoms with Gasteiger partial charge in [-0.25, -0.2) is 8.78 Å². The quantitative estimate of drug-likeness (QED) is 0.801. The van der Waals surface area contributed by atoms with E-state index in [0.29, 0.717) is 5.56 Å². The van der Waals surface area contributed by atoms with Crippen LogP contribution in [0.1, 0.15) is 22.7 Å². The third kappa shape index (κ3) is 2.66. The van der Waals surface area contributed by atoms with Gasteiger partial charge in [-0.3, -0.25) is 0 Å². The first kappa shape index (κ1) is 12.9. The highest BCUT2D eigenvalue weighted by Gasteiger charge is 2.17. The number of hydrogen-bond donors (Lipinski definition) is 1. The largest absolute Gasteiger partial charge is 0.320 e. The van der Waals surface area contributed by atoms with E-state index < -0.39 is 17.7 Å². The Morgan fingerprint density at radius 2 is 1.94 bits per heavy atom. The van der Waals surface area contributed by atoms with Crippen molar-refractivity contribution in [3.05, 3.63) is 54.8 Å². The Kier molecular flexibility index (Phi) is 3.79. The minimum Gasteiger partial charge on any atom is -0.320 e. The number of benzene rings is 1. The molecule has 1 atom stereocenters. The number of hydrogen-bond acceptors (Lipinski definition) is 2. The standard InChI is InChI=1S/C12H10F2INS/c1-6-2-10(14)8(4-9(6)13)12(16)7-3-11(15)17-5-7/h2-5,12H,16H2,1H3. The summed E-state index contributed by atoms with van der Waals surface area (Å²) in [6.45, 7) is 1.53. The van der Waals surface area contributed by atoms with E-state index in [9.17, 15) is 8.78 Å². The van der Waals surface area contributed by atoms with Gasteiger partial charge < -0.3 is 5.73 Å². The van der Waals surface area contributed by atoms with Crippen molar-refractivity contribution in [2.45, 2.75) is 13.0 Å². The summed E-state index contributed by atoms with van der Waals surface area (Å²) >= 11 is 3.70. The van der Waals surface area contributed by atoms with Crippen molar-refractivity contribution in [3.8, 4) is 0 Å². The molecule has 0 aliphatic carbocycles. The van der Waals surface area contributed by atoms with Crippen molar-refractivity contribution in [1.82, 2.24) is 0 Å². The van der Waals surface area contributed by atoms with Gasteiger partial charge >= 0.3 is 0 Å². The van der Waals surface area contributed by atoms with Crippen LogP contribution < -0.4 is 5.73 Å². The molecular formula is C12H10F2INS. The van der Waals surface area contributed by atoms with Gasteiger partial charge in [0.1, 0.15) is 11.6 Å². The van der Waals surface area contributed by atoms with E-state index in [2.05, 4.69) is 22.6 Å². The highest BCUT2D eigenvalue weighted by atomic mass is 127. The molecule has 1 unspecified atom stereocenters. The van der Waals surface area contributed by atoms with Gasteiger partial charge in [-0.1, -0.05) is 0 Å². The molecule has 1 nitrogen and oxygen atoms in total. The van der Waals surface area contributed by atoms with Crippen molar-refractivity contribution in [1.29, 1.82) is 0 Å². The molecule has 1 aromatic carbocycles. The van der Waals surface area contributed by atoms with Crippen LogP contribution in [0.25, 0.3) is 0 Å². The molecule has 2 N–H and O–H groups in total. The first-order valence-electron chi connectivity index (χ1n) is 4.94. The average molecular weight is 365 g/mol. The van der Waals surface area contributed by atoms with Crippen LogP contribution in [0.2, 0.25) is 0 Å². The van der Waals surface area contributed by atoms with Crippen molar-refractivity contribution >= 4 is 33.9 Å². The van der Waals surface area contributed by atoms with E-state index in [1.54, 1.807) is 0 Å². The van der Waals surface area contributed by atoms with Crippen LogP contribution in [0, 0.1) is 21.4 Å². The van der Waals surface area contributed by atoms with Crippen LogP contribution in [0.15, 0.2) is 23.6 Å². The molecule has 0 fully saturated rings. The minimum atomic E-state index is -0.620. The Morgan fingerprint density at radius 1 is 1.24 bits per heavy atom. The zero-order valence-electron chi connectivity index (χ0n) is 9.01. The molecule has 1 aromatic heterocycles. The van der Waals surface area contributed by atoms with Gasteiger partial charge in [0.25, 0.3) is 0 Å². The first-order valence-corrected chi connectivity index (χ1v) is 6.90. The van der Waals surface area contributed by atoms with Crippen LogP contribution in [0.3, 0.4) is 0 Å². The molecule has 0 aliphatic heterocycles. The number of nitrogens with two attached hydrogens (primary N) is 1. The predicted molar refractivity (Wildman–Crippen MR) is 74.2 cm³/mol. The molecule has 90 valence electrons. The maximum absolute atomic E-state index is 13.7. The van der Waals surface area contributed by atoms with Gasteiger partial charge in [0.15, 0.2) is 0 Å². The Labute approximate surface area is 116 Å².